The first kappa shape index (κ1) is 13.4. The van der Waals surface area contributed by atoms with E-state index in [0.717, 1.165) is 13.1 Å². The molecule has 3 heteroatoms. The predicted molar refractivity (Wildman–Crippen MR) is 82.5 cm³/mol. The monoisotopic (exact) mass is 269 g/mol. The van der Waals surface area contributed by atoms with Crippen LogP contribution in [0.4, 0.5) is 0 Å². The Morgan fingerprint density at radius 3 is 2.55 bits per heavy atom. The minimum atomic E-state index is 0.200. The van der Waals surface area contributed by atoms with Gasteiger partial charge in [-0.2, -0.15) is 0 Å². The van der Waals surface area contributed by atoms with Crippen molar-refractivity contribution in [3.05, 3.63) is 48.0 Å². The standard InChI is InChI=1S/C17H23N3/c1-17(2,3)14-4-6-15(7-5-14)20-12-19-11-16(20)13-8-9-18-10-13/h4-7,11-13,18H,8-10H2,1-3H3. The van der Waals surface area contributed by atoms with E-state index < -0.39 is 0 Å². The maximum atomic E-state index is 4.35. The second kappa shape index (κ2) is 5.06. The molecule has 1 aromatic carbocycles. The quantitative estimate of drug-likeness (QED) is 0.907. The van der Waals surface area contributed by atoms with E-state index in [-0.39, 0.29) is 5.41 Å². The van der Waals surface area contributed by atoms with Crippen molar-refractivity contribution < 1.29 is 0 Å². The Bertz CT molecular complexity index is 569. The molecule has 2 aromatic rings. The Morgan fingerprint density at radius 2 is 1.95 bits per heavy atom. The molecule has 1 unspecified atom stereocenters. The average Bonchev–Trinajstić information content (AvgIpc) is 3.08. The first-order valence-corrected chi connectivity index (χ1v) is 7.39. The van der Waals surface area contributed by atoms with E-state index >= 15 is 0 Å². The maximum Gasteiger partial charge on any atom is 0.0994 e. The van der Waals surface area contributed by atoms with Crippen molar-refractivity contribution in [1.82, 2.24) is 14.9 Å². The molecule has 0 amide bonds. The molecular weight excluding hydrogens is 246 g/mol. The number of rotatable bonds is 2. The fourth-order valence-electron chi connectivity index (χ4n) is 2.85. The molecule has 1 saturated heterocycles. The summed E-state index contributed by atoms with van der Waals surface area (Å²) in [6, 6.07) is 8.86. The van der Waals surface area contributed by atoms with Gasteiger partial charge in [-0.25, -0.2) is 4.98 Å². The minimum absolute atomic E-state index is 0.200. The van der Waals surface area contributed by atoms with Crippen LogP contribution in [-0.2, 0) is 5.41 Å². The van der Waals surface area contributed by atoms with Crippen molar-refractivity contribution in [3.63, 3.8) is 0 Å². The molecule has 3 rings (SSSR count). The van der Waals surface area contributed by atoms with Crippen molar-refractivity contribution in [1.29, 1.82) is 0 Å². The van der Waals surface area contributed by atoms with Gasteiger partial charge in [0.05, 0.1) is 6.33 Å². The van der Waals surface area contributed by atoms with Gasteiger partial charge in [0.15, 0.2) is 0 Å². The van der Waals surface area contributed by atoms with Crippen LogP contribution in [0.3, 0.4) is 0 Å². The van der Waals surface area contributed by atoms with Crippen LogP contribution in [0.25, 0.3) is 5.69 Å². The minimum Gasteiger partial charge on any atom is -0.316 e. The summed E-state index contributed by atoms with van der Waals surface area (Å²) < 4.78 is 2.23. The molecule has 20 heavy (non-hydrogen) atoms. The third-order valence-corrected chi connectivity index (χ3v) is 4.16. The Morgan fingerprint density at radius 1 is 1.20 bits per heavy atom. The summed E-state index contributed by atoms with van der Waals surface area (Å²) in [5.41, 5.74) is 4.09. The van der Waals surface area contributed by atoms with Crippen LogP contribution in [0.5, 0.6) is 0 Å². The fraction of sp³-hybridized carbons (Fsp3) is 0.471. The van der Waals surface area contributed by atoms with Gasteiger partial charge in [0.25, 0.3) is 0 Å². The highest BCUT2D eigenvalue weighted by molar-refractivity contribution is 5.39. The molecule has 1 N–H and O–H groups in total. The van der Waals surface area contributed by atoms with Crippen molar-refractivity contribution in [3.8, 4) is 5.69 Å². The van der Waals surface area contributed by atoms with E-state index in [1.54, 1.807) is 0 Å². The van der Waals surface area contributed by atoms with Crippen LogP contribution in [0.15, 0.2) is 36.8 Å². The Hall–Kier alpha value is -1.61. The molecule has 0 radical (unpaired) electrons. The largest absolute Gasteiger partial charge is 0.316 e. The first-order chi connectivity index (χ1) is 9.55. The molecule has 0 bridgehead atoms. The predicted octanol–water partition coefficient (Wildman–Crippen LogP) is 3.25. The summed E-state index contributed by atoms with van der Waals surface area (Å²) in [6.45, 7) is 8.91. The zero-order valence-corrected chi connectivity index (χ0v) is 12.6. The molecule has 1 aromatic heterocycles. The zero-order chi connectivity index (χ0) is 14.2. The fourth-order valence-corrected chi connectivity index (χ4v) is 2.85. The summed E-state index contributed by atoms with van der Waals surface area (Å²) in [5, 5.41) is 3.43. The van der Waals surface area contributed by atoms with Crippen LogP contribution < -0.4 is 5.32 Å². The lowest BCUT2D eigenvalue weighted by atomic mass is 9.87. The number of hydrogen-bond acceptors (Lipinski definition) is 2. The Labute approximate surface area is 121 Å². The third kappa shape index (κ3) is 2.50. The number of imidazole rings is 1. The van der Waals surface area contributed by atoms with E-state index in [0.29, 0.717) is 5.92 Å². The Balaban J connectivity index is 1.92. The van der Waals surface area contributed by atoms with E-state index in [1.807, 2.05) is 12.5 Å². The van der Waals surface area contributed by atoms with Gasteiger partial charge < -0.3 is 9.88 Å². The molecule has 1 aliphatic heterocycles. The van der Waals surface area contributed by atoms with Crippen LogP contribution in [0.2, 0.25) is 0 Å². The lowest BCUT2D eigenvalue weighted by Gasteiger charge is -2.20. The van der Waals surface area contributed by atoms with Crippen LogP contribution in [0, 0.1) is 0 Å². The van der Waals surface area contributed by atoms with Gasteiger partial charge in [-0.15, -0.1) is 0 Å². The van der Waals surface area contributed by atoms with Crippen LogP contribution in [-0.4, -0.2) is 22.6 Å². The normalized spacial score (nSPS) is 19.4. The molecule has 1 atom stereocenters. The Kier molecular flexibility index (Phi) is 3.38. The highest BCUT2D eigenvalue weighted by atomic mass is 15.1. The summed E-state index contributed by atoms with van der Waals surface area (Å²) in [6.07, 6.45) is 5.14. The van der Waals surface area contributed by atoms with E-state index in [2.05, 4.69) is 59.9 Å². The van der Waals surface area contributed by atoms with E-state index in [9.17, 15) is 0 Å². The number of nitrogens with one attached hydrogen (secondary N) is 1. The first-order valence-electron chi connectivity index (χ1n) is 7.39. The third-order valence-electron chi connectivity index (χ3n) is 4.16. The lowest BCUT2D eigenvalue weighted by molar-refractivity contribution is 0.590. The summed E-state index contributed by atoms with van der Waals surface area (Å²) in [5.74, 6) is 0.583. The van der Waals surface area contributed by atoms with Gasteiger partial charge in [0, 0.05) is 30.0 Å². The van der Waals surface area contributed by atoms with Gasteiger partial charge in [-0.3, -0.25) is 0 Å². The molecule has 0 saturated carbocycles. The highest BCUT2D eigenvalue weighted by Crippen LogP contribution is 2.27. The SMILES string of the molecule is CC(C)(C)c1ccc(-n2cncc2C2CCNC2)cc1. The number of benzene rings is 1. The van der Waals surface area contributed by atoms with E-state index in [1.165, 1.54) is 23.4 Å². The van der Waals surface area contributed by atoms with Gasteiger partial charge >= 0.3 is 0 Å². The average molecular weight is 269 g/mol. The van der Waals surface area contributed by atoms with Crippen molar-refractivity contribution in [2.75, 3.05) is 13.1 Å². The topological polar surface area (TPSA) is 29.9 Å². The molecule has 0 aliphatic carbocycles. The lowest BCUT2D eigenvalue weighted by Crippen LogP contribution is -2.12. The van der Waals surface area contributed by atoms with Gasteiger partial charge in [-0.05, 0) is 36.1 Å². The summed E-state index contributed by atoms with van der Waals surface area (Å²) >= 11 is 0. The van der Waals surface area contributed by atoms with Crippen molar-refractivity contribution >= 4 is 0 Å². The molecule has 0 spiro atoms. The van der Waals surface area contributed by atoms with Crippen molar-refractivity contribution in [2.45, 2.75) is 38.5 Å². The van der Waals surface area contributed by atoms with E-state index in [4.69, 9.17) is 0 Å². The maximum absolute atomic E-state index is 4.35. The van der Waals surface area contributed by atoms with Gasteiger partial charge in [0.2, 0.25) is 0 Å². The van der Waals surface area contributed by atoms with Crippen molar-refractivity contribution in [2.24, 2.45) is 0 Å². The number of aromatic nitrogens is 2. The molecule has 1 fully saturated rings. The summed E-state index contributed by atoms with van der Waals surface area (Å²) in [4.78, 5) is 4.35. The van der Waals surface area contributed by atoms with Gasteiger partial charge in [-0.1, -0.05) is 32.9 Å². The highest BCUT2D eigenvalue weighted by Gasteiger charge is 2.21. The summed E-state index contributed by atoms with van der Waals surface area (Å²) in [7, 11) is 0. The second-order valence-electron chi connectivity index (χ2n) is 6.68. The second-order valence-corrected chi connectivity index (χ2v) is 6.68. The molecular formula is C17H23N3. The molecule has 1 aliphatic rings. The number of nitrogens with zero attached hydrogens (tertiary/aromatic N) is 2. The molecule has 2 heterocycles. The molecule has 3 nitrogen and oxygen atoms in total. The molecule has 106 valence electrons. The van der Waals surface area contributed by atoms with Crippen LogP contribution in [0.1, 0.15) is 44.4 Å². The van der Waals surface area contributed by atoms with Gasteiger partial charge in [0.1, 0.15) is 0 Å². The zero-order valence-electron chi connectivity index (χ0n) is 12.6. The van der Waals surface area contributed by atoms with Crippen LogP contribution >= 0.6 is 0 Å². The smallest absolute Gasteiger partial charge is 0.0994 e. The number of hydrogen-bond donors (Lipinski definition) is 1.